The average Bonchev–Trinajstić information content (AvgIpc) is 2.18. The molecule has 2 nitrogen and oxygen atoms in total. The fourth-order valence-electron chi connectivity index (χ4n) is 2.29. The molecule has 2 heteroatoms. The van der Waals surface area contributed by atoms with Crippen molar-refractivity contribution in [2.45, 2.75) is 32.4 Å². The van der Waals surface area contributed by atoms with Crippen LogP contribution in [0.1, 0.15) is 31.0 Å². The van der Waals surface area contributed by atoms with Gasteiger partial charge in [-0.05, 0) is 31.4 Å². The maximum absolute atomic E-state index is 10.9. The number of carbonyl (C=O) groups is 1. The molecule has 0 saturated carbocycles. The minimum atomic E-state index is 0.215. The molecule has 0 bridgehead atoms. The zero-order valence-electron chi connectivity index (χ0n) is 8.60. The Bertz CT molecular complexity index is 348. The van der Waals surface area contributed by atoms with E-state index in [1.807, 2.05) is 11.0 Å². The summed E-state index contributed by atoms with van der Waals surface area (Å²) in [4.78, 5) is 12.8. The zero-order chi connectivity index (χ0) is 10.1. The van der Waals surface area contributed by atoms with Crippen molar-refractivity contribution in [2.75, 3.05) is 0 Å². The van der Waals surface area contributed by atoms with E-state index in [9.17, 15) is 4.79 Å². The predicted molar refractivity (Wildman–Crippen MR) is 55.9 cm³/mol. The van der Waals surface area contributed by atoms with Crippen LogP contribution in [0.4, 0.5) is 0 Å². The van der Waals surface area contributed by atoms with E-state index in [2.05, 4.69) is 32.0 Å². The first-order chi connectivity index (χ1) is 6.74. The summed E-state index contributed by atoms with van der Waals surface area (Å²) in [6.07, 6.45) is 1.94. The molecule has 0 aromatic heterocycles. The van der Waals surface area contributed by atoms with Crippen LogP contribution in [0.15, 0.2) is 24.3 Å². The molecule has 0 aliphatic carbocycles. The third kappa shape index (κ3) is 1.31. The van der Waals surface area contributed by atoms with E-state index in [1.54, 1.807) is 0 Å². The molecule has 2 rings (SSSR count). The first kappa shape index (κ1) is 9.25. The van der Waals surface area contributed by atoms with Crippen molar-refractivity contribution in [3.63, 3.8) is 0 Å². The number of rotatable bonds is 1. The molecule has 0 N–H and O–H groups in total. The van der Waals surface area contributed by atoms with Crippen molar-refractivity contribution in [1.29, 1.82) is 0 Å². The monoisotopic (exact) mass is 189 g/mol. The summed E-state index contributed by atoms with van der Waals surface area (Å²) in [6, 6.07) is 8.90. The predicted octanol–water partition coefficient (Wildman–Crippen LogP) is 2.15. The Kier molecular flexibility index (Phi) is 2.28. The molecule has 1 aromatic rings. The second kappa shape index (κ2) is 3.45. The number of hydrogen-bond donors (Lipinski definition) is 0. The van der Waals surface area contributed by atoms with Crippen LogP contribution in [0.5, 0.6) is 0 Å². The highest BCUT2D eigenvalue weighted by Crippen LogP contribution is 2.30. The molecule has 14 heavy (non-hydrogen) atoms. The summed E-state index contributed by atoms with van der Waals surface area (Å²) in [5, 5.41) is 0. The normalized spacial score (nSPS) is 25.7. The van der Waals surface area contributed by atoms with Crippen LogP contribution in [-0.2, 0) is 11.2 Å². The highest BCUT2D eigenvalue weighted by molar-refractivity contribution is 5.51. The topological polar surface area (TPSA) is 20.3 Å². The molecule has 0 saturated heterocycles. The fraction of sp³-hybridized carbons (Fsp3) is 0.417. The van der Waals surface area contributed by atoms with Gasteiger partial charge in [0.15, 0.2) is 0 Å². The van der Waals surface area contributed by atoms with E-state index in [1.165, 1.54) is 11.1 Å². The minimum absolute atomic E-state index is 0.215. The van der Waals surface area contributed by atoms with Crippen LogP contribution in [0.2, 0.25) is 0 Å². The number of fused-ring (bicyclic) bond motifs is 1. The van der Waals surface area contributed by atoms with Gasteiger partial charge in [-0.2, -0.15) is 0 Å². The smallest absolute Gasteiger partial charge is 0.210 e. The van der Waals surface area contributed by atoms with E-state index < -0.39 is 0 Å². The molecule has 1 aromatic carbocycles. The summed E-state index contributed by atoms with van der Waals surface area (Å²) < 4.78 is 0. The number of amides is 1. The summed E-state index contributed by atoms with van der Waals surface area (Å²) in [6.45, 7) is 4.18. The second-order valence-electron chi connectivity index (χ2n) is 3.98. The van der Waals surface area contributed by atoms with Gasteiger partial charge in [0.05, 0.1) is 6.04 Å². The van der Waals surface area contributed by atoms with Crippen molar-refractivity contribution in [2.24, 2.45) is 0 Å². The number of carbonyl (C=O) groups excluding carboxylic acids is 1. The summed E-state index contributed by atoms with van der Waals surface area (Å²) in [7, 11) is 0. The molecule has 0 spiro atoms. The first-order valence-corrected chi connectivity index (χ1v) is 5.04. The Morgan fingerprint density at radius 1 is 1.36 bits per heavy atom. The van der Waals surface area contributed by atoms with Crippen molar-refractivity contribution in [1.82, 2.24) is 4.90 Å². The van der Waals surface area contributed by atoms with Crippen LogP contribution < -0.4 is 0 Å². The molecule has 1 aliphatic rings. The fourth-order valence-corrected chi connectivity index (χ4v) is 2.29. The molecule has 0 radical (unpaired) electrons. The lowest BCUT2D eigenvalue weighted by molar-refractivity contribution is -0.122. The van der Waals surface area contributed by atoms with Gasteiger partial charge >= 0.3 is 0 Å². The van der Waals surface area contributed by atoms with Crippen molar-refractivity contribution >= 4 is 6.41 Å². The lowest BCUT2D eigenvalue weighted by atomic mass is 9.90. The molecule has 1 aliphatic heterocycles. The maximum atomic E-state index is 10.9. The molecule has 74 valence electrons. The van der Waals surface area contributed by atoms with Crippen LogP contribution >= 0.6 is 0 Å². The molecule has 0 unspecified atom stereocenters. The van der Waals surface area contributed by atoms with Crippen LogP contribution in [0.25, 0.3) is 0 Å². The van der Waals surface area contributed by atoms with Crippen LogP contribution in [0.3, 0.4) is 0 Å². The molecule has 0 fully saturated rings. The maximum Gasteiger partial charge on any atom is 0.210 e. The highest BCUT2D eigenvalue weighted by Gasteiger charge is 2.27. The number of hydrogen-bond acceptors (Lipinski definition) is 1. The lowest BCUT2D eigenvalue weighted by Crippen LogP contribution is -2.39. The Morgan fingerprint density at radius 2 is 2.07 bits per heavy atom. The van der Waals surface area contributed by atoms with Gasteiger partial charge in [0, 0.05) is 6.04 Å². The van der Waals surface area contributed by atoms with Crippen molar-refractivity contribution in [3.8, 4) is 0 Å². The van der Waals surface area contributed by atoms with E-state index in [-0.39, 0.29) is 6.04 Å². The first-order valence-electron chi connectivity index (χ1n) is 5.04. The standard InChI is InChI=1S/C12H15NO/c1-9-7-11-5-3-4-6-12(11)10(2)13(9)8-14/h3-6,8-10H,7H2,1-2H3/t9-,10+/m1/s1. The van der Waals surface area contributed by atoms with E-state index in [0.29, 0.717) is 6.04 Å². The van der Waals surface area contributed by atoms with Gasteiger partial charge in [-0.25, -0.2) is 0 Å². The van der Waals surface area contributed by atoms with Crippen molar-refractivity contribution in [3.05, 3.63) is 35.4 Å². The molecule has 1 heterocycles. The Hall–Kier alpha value is -1.31. The van der Waals surface area contributed by atoms with Gasteiger partial charge in [-0.3, -0.25) is 4.79 Å². The van der Waals surface area contributed by atoms with E-state index in [0.717, 1.165) is 12.8 Å². The third-order valence-corrected chi connectivity index (χ3v) is 3.10. The Balaban J connectivity index is 2.43. The summed E-state index contributed by atoms with van der Waals surface area (Å²) in [5.41, 5.74) is 2.67. The molecule has 1 amide bonds. The Labute approximate surface area is 84.5 Å². The van der Waals surface area contributed by atoms with E-state index >= 15 is 0 Å². The Morgan fingerprint density at radius 3 is 2.79 bits per heavy atom. The lowest BCUT2D eigenvalue weighted by Gasteiger charge is -2.37. The van der Waals surface area contributed by atoms with Gasteiger partial charge in [-0.15, -0.1) is 0 Å². The second-order valence-corrected chi connectivity index (χ2v) is 3.98. The van der Waals surface area contributed by atoms with Crippen LogP contribution in [-0.4, -0.2) is 17.4 Å². The zero-order valence-corrected chi connectivity index (χ0v) is 8.60. The van der Waals surface area contributed by atoms with Gasteiger partial charge in [0.2, 0.25) is 6.41 Å². The van der Waals surface area contributed by atoms with Crippen LogP contribution in [0, 0.1) is 0 Å². The van der Waals surface area contributed by atoms with Crippen molar-refractivity contribution < 1.29 is 4.79 Å². The molecular formula is C12H15NO. The van der Waals surface area contributed by atoms with Gasteiger partial charge < -0.3 is 4.90 Å². The third-order valence-electron chi connectivity index (χ3n) is 3.10. The molecular weight excluding hydrogens is 174 g/mol. The average molecular weight is 189 g/mol. The van der Waals surface area contributed by atoms with Gasteiger partial charge in [0.1, 0.15) is 0 Å². The van der Waals surface area contributed by atoms with Gasteiger partial charge in [0.25, 0.3) is 0 Å². The van der Waals surface area contributed by atoms with E-state index in [4.69, 9.17) is 0 Å². The van der Waals surface area contributed by atoms with Gasteiger partial charge in [-0.1, -0.05) is 24.3 Å². The molecule has 2 atom stereocenters. The quantitative estimate of drug-likeness (QED) is 0.620. The summed E-state index contributed by atoms with van der Waals surface area (Å²) >= 11 is 0. The number of nitrogens with zero attached hydrogens (tertiary/aromatic N) is 1. The highest BCUT2D eigenvalue weighted by atomic mass is 16.1. The number of benzene rings is 1. The summed E-state index contributed by atoms with van der Waals surface area (Å²) in [5.74, 6) is 0. The SMILES string of the molecule is C[C@@H]1Cc2ccccc2[C@H](C)N1C=O. The largest absolute Gasteiger partial charge is 0.335 e. The minimum Gasteiger partial charge on any atom is -0.335 e.